The lowest BCUT2D eigenvalue weighted by atomic mass is 9.96. The number of carbonyl (C=O) groups is 2. The molecule has 4 rings (SSSR count). The van der Waals surface area contributed by atoms with Crippen molar-refractivity contribution < 1.29 is 19.4 Å². The van der Waals surface area contributed by atoms with Gasteiger partial charge in [0.15, 0.2) is 0 Å². The summed E-state index contributed by atoms with van der Waals surface area (Å²) in [4.78, 5) is 29.6. The number of nitrogens with one attached hydrogen (secondary N) is 2. The number of β-amino-alcohol motifs (C(OH)–C–C–N with tert-alkyl or cyclic N) is 1. The molecule has 0 aromatic heterocycles. The van der Waals surface area contributed by atoms with Crippen molar-refractivity contribution >= 4 is 23.8 Å². The summed E-state index contributed by atoms with van der Waals surface area (Å²) in [6, 6.07) is 28.5. The number of aliphatic hydroxyl groups excluding tert-OH is 1. The van der Waals surface area contributed by atoms with Crippen LogP contribution in [0.3, 0.4) is 0 Å². The molecule has 1 fully saturated rings. The van der Waals surface area contributed by atoms with Crippen LogP contribution >= 0.6 is 11.8 Å². The maximum Gasteiger partial charge on any atom is 0.407 e. The zero-order chi connectivity index (χ0) is 30.0. The number of amides is 2. The van der Waals surface area contributed by atoms with E-state index in [4.69, 9.17) is 4.74 Å². The predicted molar refractivity (Wildman–Crippen MR) is 168 cm³/mol. The second kappa shape index (κ2) is 15.2. The molecular weight excluding hydrogens is 546 g/mol. The van der Waals surface area contributed by atoms with Crippen LogP contribution in [0, 0.1) is 0 Å². The van der Waals surface area contributed by atoms with Gasteiger partial charge in [-0.15, -0.1) is 11.8 Å². The van der Waals surface area contributed by atoms with Crippen LogP contribution < -0.4 is 10.6 Å². The largest absolute Gasteiger partial charge is 0.445 e. The minimum atomic E-state index is -0.919. The molecule has 1 aliphatic rings. The van der Waals surface area contributed by atoms with E-state index in [1.165, 1.54) is 4.90 Å². The van der Waals surface area contributed by atoms with Gasteiger partial charge in [0.1, 0.15) is 6.61 Å². The number of hydrogen-bond donors (Lipinski definition) is 3. The molecule has 0 unspecified atom stereocenters. The number of likely N-dealkylation sites (tertiary alicyclic amines) is 1. The Kier molecular flexibility index (Phi) is 11.5. The van der Waals surface area contributed by atoms with Gasteiger partial charge in [-0.2, -0.15) is 0 Å². The summed E-state index contributed by atoms with van der Waals surface area (Å²) in [5, 5.41) is 17.9. The van der Waals surface area contributed by atoms with Gasteiger partial charge in [-0.1, -0.05) is 78.9 Å². The fraction of sp³-hybridized carbons (Fsp3) is 0.412. The van der Waals surface area contributed by atoms with E-state index in [0.29, 0.717) is 19.4 Å². The highest BCUT2D eigenvalue weighted by atomic mass is 32.2. The molecule has 4 atom stereocenters. The molecule has 224 valence electrons. The van der Waals surface area contributed by atoms with Crippen molar-refractivity contribution in [2.24, 2.45) is 0 Å². The first-order valence-corrected chi connectivity index (χ1v) is 15.5. The molecule has 3 N–H and O–H groups in total. The summed E-state index contributed by atoms with van der Waals surface area (Å²) in [5.74, 6) is -0.0390. The number of hydrogen-bond acceptors (Lipinski definition) is 6. The van der Waals surface area contributed by atoms with Crippen molar-refractivity contribution in [3.8, 4) is 0 Å². The SMILES string of the molecule is CC(C)(C)NC(=O)[C@@H]1C[C@H](Sc2ccccc2)CCN1C[C@@H](O)[C@H](Cc1ccccc1)NC(=O)OCc1ccccc1. The molecule has 3 aromatic rings. The van der Waals surface area contributed by atoms with Crippen LogP contribution in [0.1, 0.15) is 44.7 Å². The van der Waals surface area contributed by atoms with E-state index in [9.17, 15) is 14.7 Å². The van der Waals surface area contributed by atoms with Crippen molar-refractivity contribution in [2.45, 2.75) is 80.5 Å². The highest BCUT2D eigenvalue weighted by Gasteiger charge is 2.37. The van der Waals surface area contributed by atoms with Crippen LogP contribution in [0.15, 0.2) is 95.9 Å². The van der Waals surface area contributed by atoms with Crippen LogP contribution in [0.4, 0.5) is 4.79 Å². The van der Waals surface area contributed by atoms with Crippen molar-refractivity contribution in [3.63, 3.8) is 0 Å². The van der Waals surface area contributed by atoms with Gasteiger partial charge in [0.2, 0.25) is 5.91 Å². The summed E-state index contributed by atoms with van der Waals surface area (Å²) in [6.07, 6.45) is 0.490. The first-order chi connectivity index (χ1) is 20.2. The summed E-state index contributed by atoms with van der Waals surface area (Å²) < 4.78 is 5.48. The van der Waals surface area contributed by atoms with Crippen LogP contribution in [0.5, 0.6) is 0 Å². The normalized spacial score (nSPS) is 19.0. The average molecular weight is 590 g/mol. The number of alkyl carbamates (subject to hydrolysis) is 1. The van der Waals surface area contributed by atoms with Crippen LogP contribution in [-0.4, -0.2) is 64.1 Å². The number of rotatable bonds is 11. The highest BCUT2D eigenvalue weighted by Crippen LogP contribution is 2.33. The lowest BCUT2D eigenvalue weighted by Crippen LogP contribution is -2.58. The number of ether oxygens (including phenoxy) is 1. The zero-order valence-electron chi connectivity index (χ0n) is 24.7. The molecular formula is C34H43N3O4S. The molecule has 42 heavy (non-hydrogen) atoms. The van der Waals surface area contributed by atoms with E-state index in [0.717, 1.165) is 17.5 Å². The first kappa shape index (κ1) is 31.6. The standard InChI is InChI=1S/C34H43N3O4S/c1-34(2,3)36-32(39)30-22-28(42-27-17-11-6-12-18-27)19-20-37(30)23-31(38)29(21-25-13-7-4-8-14-25)35-33(40)41-24-26-15-9-5-10-16-26/h4-18,28-31,38H,19-24H2,1-3H3,(H,35,40)(H,36,39)/t28-,29+,30+,31-/m1/s1. The minimum absolute atomic E-state index is 0.0390. The Morgan fingerprint density at radius 1 is 0.952 bits per heavy atom. The van der Waals surface area contributed by atoms with Gasteiger partial charge in [0, 0.05) is 28.8 Å². The Morgan fingerprint density at radius 3 is 2.17 bits per heavy atom. The maximum atomic E-state index is 13.5. The van der Waals surface area contributed by atoms with E-state index in [1.54, 1.807) is 11.8 Å². The molecule has 0 radical (unpaired) electrons. The van der Waals surface area contributed by atoms with Crippen LogP contribution in [-0.2, 0) is 22.6 Å². The first-order valence-electron chi connectivity index (χ1n) is 14.6. The van der Waals surface area contributed by atoms with E-state index in [2.05, 4.69) is 27.7 Å². The third kappa shape index (κ3) is 10.2. The molecule has 2 amide bonds. The number of nitrogens with zero attached hydrogens (tertiary/aromatic N) is 1. The van der Waals surface area contributed by atoms with Gasteiger partial charge in [-0.25, -0.2) is 4.79 Å². The minimum Gasteiger partial charge on any atom is -0.445 e. The molecule has 7 nitrogen and oxygen atoms in total. The van der Waals surface area contributed by atoms with Crippen LogP contribution in [0.25, 0.3) is 0 Å². The smallest absolute Gasteiger partial charge is 0.407 e. The third-order valence-corrected chi connectivity index (χ3v) is 8.52. The molecule has 3 aromatic carbocycles. The Hall–Kier alpha value is -3.33. The van der Waals surface area contributed by atoms with Crippen molar-refractivity contribution in [1.29, 1.82) is 0 Å². The molecule has 8 heteroatoms. The van der Waals surface area contributed by atoms with Gasteiger partial charge < -0.3 is 20.5 Å². The lowest BCUT2D eigenvalue weighted by molar-refractivity contribution is -0.129. The van der Waals surface area contributed by atoms with E-state index in [1.807, 2.05) is 99.6 Å². The Morgan fingerprint density at radius 2 is 1.55 bits per heavy atom. The fourth-order valence-corrected chi connectivity index (χ4v) is 6.36. The fourth-order valence-electron chi connectivity index (χ4n) is 5.16. The van der Waals surface area contributed by atoms with E-state index < -0.39 is 24.3 Å². The maximum absolute atomic E-state index is 13.5. The number of aliphatic hydroxyl groups is 1. The number of benzene rings is 3. The van der Waals surface area contributed by atoms with Gasteiger partial charge in [-0.05, 0) is 63.3 Å². The quantitative estimate of drug-likeness (QED) is 0.277. The Balaban J connectivity index is 1.46. The molecule has 0 spiro atoms. The number of piperidine rings is 1. The van der Waals surface area contributed by atoms with Crippen LogP contribution in [0.2, 0.25) is 0 Å². The van der Waals surface area contributed by atoms with E-state index >= 15 is 0 Å². The van der Waals surface area contributed by atoms with Gasteiger partial charge in [0.25, 0.3) is 0 Å². The summed E-state index contributed by atoms with van der Waals surface area (Å²) in [7, 11) is 0. The second-order valence-corrected chi connectivity index (χ2v) is 13.3. The molecule has 0 bridgehead atoms. The topological polar surface area (TPSA) is 90.9 Å². The molecule has 1 aliphatic heterocycles. The van der Waals surface area contributed by atoms with Gasteiger partial charge in [-0.3, -0.25) is 9.69 Å². The average Bonchev–Trinajstić information content (AvgIpc) is 2.97. The Bertz CT molecular complexity index is 1250. The zero-order valence-corrected chi connectivity index (χ0v) is 25.6. The van der Waals surface area contributed by atoms with Gasteiger partial charge >= 0.3 is 6.09 Å². The summed E-state index contributed by atoms with van der Waals surface area (Å²) in [6.45, 7) is 6.99. The summed E-state index contributed by atoms with van der Waals surface area (Å²) in [5.41, 5.74) is 1.50. The predicted octanol–water partition coefficient (Wildman–Crippen LogP) is 5.43. The summed E-state index contributed by atoms with van der Waals surface area (Å²) >= 11 is 1.80. The van der Waals surface area contributed by atoms with E-state index in [-0.39, 0.29) is 29.8 Å². The monoisotopic (exact) mass is 589 g/mol. The van der Waals surface area contributed by atoms with Crippen molar-refractivity contribution in [2.75, 3.05) is 13.1 Å². The lowest BCUT2D eigenvalue weighted by Gasteiger charge is -2.41. The van der Waals surface area contributed by atoms with Gasteiger partial charge in [0.05, 0.1) is 18.2 Å². The Labute approximate surface area is 254 Å². The molecule has 0 aliphatic carbocycles. The van der Waals surface area contributed by atoms with Crippen molar-refractivity contribution in [1.82, 2.24) is 15.5 Å². The van der Waals surface area contributed by atoms with Crippen molar-refractivity contribution in [3.05, 3.63) is 102 Å². The molecule has 0 saturated carbocycles. The second-order valence-electron chi connectivity index (χ2n) is 11.9. The number of thioether (sulfide) groups is 1. The number of carbonyl (C=O) groups excluding carboxylic acids is 2. The highest BCUT2D eigenvalue weighted by molar-refractivity contribution is 8.00. The third-order valence-electron chi connectivity index (χ3n) is 7.21. The molecule has 1 heterocycles. The molecule has 1 saturated heterocycles.